The van der Waals surface area contributed by atoms with Crippen LogP contribution in [0, 0.1) is 13.8 Å². The van der Waals surface area contributed by atoms with Gasteiger partial charge in [-0.2, -0.15) is 0 Å². The van der Waals surface area contributed by atoms with Gasteiger partial charge >= 0.3 is 0 Å². The lowest BCUT2D eigenvalue weighted by atomic mass is 10.2. The minimum atomic E-state index is -3.27. The molecule has 140 valence electrons. The molecule has 1 amide bonds. The number of Topliss-reactive ketones (excluding diaryl/α,β-unsaturated/α-hetero) is 1. The van der Waals surface area contributed by atoms with Crippen LogP contribution < -0.4 is 5.32 Å². The maximum Gasteiger partial charge on any atom is 0.294 e. The monoisotopic (exact) mass is 385 g/mol. The van der Waals surface area contributed by atoms with Crippen LogP contribution in [0.4, 0.5) is 0 Å². The van der Waals surface area contributed by atoms with Crippen molar-refractivity contribution in [3.8, 4) is 0 Å². The molecule has 0 radical (unpaired) electrons. The third-order valence-electron chi connectivity index (χ3n) is 4.18. The molecule has 0 saturated heterocycles. The zero-order valence-electron chi connectivity index (χ0n) is 15.2. The van der Waals surface area contributed by atoms with Gasteiger partial charge in [0, 0.05) is 19.0 Å². The maximum atomic E-state index is 12.6. The van der Waals surface area contributed by atoms with Crippen LogP contribution in [0.15, 0.2) is 47.5 Å². The van der Waals surface area contributed by atoms with Gasteiger partial charge < -0.3 is 5.32 Å². The Morgan fingerprint density at radius 3 is 2.41 bits per heavy atom. The fourth-order valence-electron chi connectivity index (χ4n) is 2.76. The summed E-state index contributed by atoms with van der Waals surface area (Å²) >= 11 is 0. The molecule has 0 aliphatic rings. The van der Waals surface area contributed by atoms with Crippen molar-refractivity contribution in [1.82, 2.24) is 14.7 Å². The van der Waals surface area contributed by atoms with E-state index >= 15 is 0 Å². The van der Waals surface area contributed by atoms with Crippen molar-refractivity contribution in [2.75, 3.05) is 6.26 Å². The van der Waals surface area contributed by atoms with Crippen molar-refractivity contribution >= 4 is 27.2 Å². The standard InChI is InChI=1S/C19H19N3O4S/c1-12-8-9-22-16(10-12)21-13(2)17(22)18(23)19(24)20-11-14-4-6-15(7-5-14)27(3,25)26/h4-10H,11H2,1-3H3,(H,20,24). The van der Waals surface area contributed by atoms with Crippen molar-refractivity contribution in [2.24, 2.45) is 0 Å². The van der Waals surface area contributed by atoms with Crippen LogP contribution in [-0.4, -0.2) is 35.7 Å². The molecule has 0 unspecified atom stereocenters. The summed E-state index contributed by atoms with van der Waals surface area (Å²) in [6.45, 7) is 3.73. The first-order valence-corrected chi connectivity index (χ1v) is 10.1. The van der Waals surface area contributed by atoms with E-state index in [0.717, 1.165) is 11.8 Å². The summed E-state index contributed by atoms with van der Waals surface area (Å²) in [7, 11) is -3.27. The van der Waals surface area contributed by atoms with Gasteiger partial charge in [0.15, 0.2) is 9.84 Å². The Labute approximate surface area is 157 Å². The average Bonchev–Trinajstić information content (AvgIpc) is 2.93. The minimum absolute atomic E-state index is 0.115. The number of hydrogen-bond acceptors (Lipinski definition) is 5. The lowest BCUT2D eigenvalue weighted by molar-refractivity contribution is -0.117. The number of amides is 1. The average molecular weight is 385 g/mol. The van der Waals surface area contributed by atoms with Gasteiger partial charge in [0.25, 0.3) is 11.7 Å². The van der Waals surface area contributed by atoms with Gasteiger partial charge in [-0.1, -0.05) is 12.1 Å². The summed E-state index contributed by atoms with van der Waals surface area (Å²) in [5.41, 5.74) is 3.02. The van der Waals surface area contributed by atoms with Crippen LogP contribution in [0.1, 0.15) is 27.3 Å². The maximum absolute atomic E-state index is 12.6. The largest absolute Gasteiger partial charge is 0.345 e. The number of carbonyl (C=O) groups excluding carboxylic acids is 2. The fraction of sp³-hybridized carbons (Fsp3) is 0.211. The Hall–Kier alpha value is -3.00. The quantitative estimate of drug-likeness (QED) is 0.534. The first-order valence-electron chi connectivity index (χ1n) is 8.23. The van der Waals surface area contributed by atoms with E-state index in [1.807, 2.05) is 19.1 Å². The van der Waals surface area contributed by atoms with Crippen LogP contribution in [0.25, 0.3) is 5.65 Å². The highest BCUT2D eigenvalue weighted by atomic mass is 32.2. The van der Waals surface area contributed by atoms with Gasteiger partial charge in [0.2, 0.25) is 0 Å². The zero-order chi connectivity index (χ0) is 19.8. The molecule has 0 spiro atoms. The van der Waals surface area contributed by atoms with E-state index in [9.17, 15) is 18.0 Å². The molecule has 0 bridgehead atoms. The summed E-state index contributed by atoms with van der Waals surface area (Å²) in [6, 6.07) is 9.81. The normalized spacial score (nSPS) is 11.5. The van der Waals surface area contributed by atoms with E-state index in [4.69, 9.17) is 0 Å². The third-order valence-corrected chi connectivity index (χ3v) is 5.31. The number of pyridine rings is 1. The van der Waals surface area contributed by atoms with E-state index in [0.29, 0.717) is 16.9 Å². The second-order valence-electron chi connectivity index (χ2n) is 6.41. The molecule has 27 heavy (non-hydrogen) atoms. The molecule has 3 rings (SSSR count). The van der Waals surface area contributed by atoms with Crippen molar-refractivity contribution < 1.29 is 18.0 Å². The lowest BCUT2D eigenvalue weighted by Crippen LogP contribution is -2.31. The summed E-state index contributed by atoms with van der Waals surface area (Å²) < 4.78 is 24.5. The van der Waals surface area contributed by atoms with Crippen molar-refractivity contribution in [3.63, 3.8) is 0 Å². The minimum Gasteiger partial charge on any atom is -0.345 e. The van der Waals surface area contributed by atoms with Gasteiger partial charge in [-0.15, -0.1) is 0 Å². The highest BCUT2D eigenvalue weighted by molar-refractivity contribution is 7.90. The molecule has 3 aromatic rings. The number of imidazole rings is 1. The molecule has 1 N–H and O–H groups in total. The van der Waals surface area contributed by atoms with Gasteiger partial charge in [0.1, 0.15) is 11.3 Å². The Morgan fingerprint density at radius 1 is 1.11 bits per heavy atom. The van der Waals surface area contributed by atoms with E-state index in [1.165, 1.54) is 12.1 Å². The topological polar surface area (TPSA) is 97.6 Å². The molecular weight excluding hydrogens is 366 g/mol. The number of aryl methyl sites for hydroxylation is 2. The summed E-state index contributed by atoms with van der Waals surface area (Å²) in [5.74, 6) is -1.41. The second kappa shape index (κ2) is 6.96. The SMILES string of the molecule is Cc1ccn2c(C(=O)C(=O)NCc3ccc(S(C)(=O)=O)cc3)c(C)nc2c1. The van der Waals surface area contributed by atoms with Gasteiger partial charge in [0.05, 0.1) is 10.6 Å². The number of aromatic nitrogens is 2. The predicted octanol–water partition coefficient (Wildman–Crippen LogP) is 1.85. The molecule has 7 nitrogen and oxygen atoms in total. The van der Waals surface area contributed by atoms with Crippen LogP contribution in [-0.2, 0) is 21.2 Å². The van der Waals surface area contributed by atoms with E-state index < -0.39 is 21.5 Å². The van der Waals surface area contributed by atoms with Crippen LogP contribution >= 0.6 is 0 Å². The van der Waals surface area contributed by atoms with E-state index in [2.05, 4.69) is 10.3 Å². The van der Waals surface area contributed by atoms with Crippen molar-refractivity contribution in [1.29, 1.82) is 0 Å². The highest BCUT2D eigenvalue weighted by Crippen LogP contribution is 2.15. The lowest BCUT2D eigenvalue weighted by Gasteiger charge is -2.06. The molecule has 0 saturated carbocycles. The second-order valence-corrected chi connectivity index (χ2v) is 8.42. The van der Waals surface area contributed by atoms with Crippen LogP contribution in [0.5, 0.6) is 0 Å². The third kappa shape index (κ3) is 3.90. The van der Waals surface area contributed by atoms with Crippen LogP contribution in [0.2, 0.25) is 0 Å². The summed E-state index contributed by atoms with van der Waals surface area (Å²) in [4.78, 5) is 29.4. The molecule has 0 fully saturated rings. The number of fused-ring (bicyclic) bond motifs is 1. The number of sulfone groups is 1. The Bertz CT molecular complexity index is 1150. The molecule has 8 heteroatoms. The molecule has 2 heterocycles. The van der Waals surface area contributed by atoms with E-state index in [-0.39, 0.29) is 17.1 Å². The van der Waals surface area contributed by atoms with Gasteiger partial charge in [-0.3, -0.25) is 14.0 Å². The highest BCUT2D eigenvalue weighted by Gasteiger charge is 2.23. The molecule has 1 aromatic carbocycles. The molecule has 2 aromatic heterocycles. The number of nitrogens with zero attached hydrogens (tertiary/aromatic N) is 2. The summed E-state index contributed by atoms with van der Waals surface area (Å²) in [6.07, 6.45) is 2.84. The number of nitrogens with one attached hydrogen (secondary N) is 1. The van der Waals surface area contributed by atoms with Crippen molar-refractivity contribution in [3.05, 3.63) is 65.1 Å². The Balaban J connectivity index is 1.75. The predicted molar refractivity (Wildman–Crippen MR) is 100 cm³/mol. The zero-order valence-corrected chi connectivity index (χ0v) is 16.0. The molecule has 0 atom stereocenters. The first kappa shape index (κ1) is 18.8. The number of hydrogen-bond donors (Lipinski definition) is 1. The number of rotatable bonds is 5. The number of benzene rings is 1. The van der Waals surface area contributed by atoms with E-state index in [1.54, 1.807) is 29.7 Å². The Kier molecular flexibility index (Phi) is 4.84. The number of ketones is 1. The summed E-state index contributed by atoms with van der Waals surface area (Å²) in [5, 5.41) is 2.57. The molecule has 0 aliphatic heterocycles. The smallest absolute Gasteiger partial charge is 0.294 e. The number of carbonyl (C=O) groups is 2. The van der Waals surface area contributed by atoms with Crippen molar-refractivity contribution in [2.45, 2.75) is 25.3 Å². The fourth-order valence-corrected chi connectivity index (χ4v) is 3.39. The van der Waals surface area contributed by atoms with Gasteiger partial charge in [-0.25, -0.2) is 13.4 Å². The molecular formula is C19H19N3O4S. The molecule has 0 aliphatic carbocycles. The van der Waals surface area contributed by atoms with Crippen LogP contribution in [0.3, 0.4) is 0 Å². The Morgan fingerprint density at radius 2 is 1.78 bits per heavy atom. The first-order chi connectivity index (χ1) is 12.7. The van der Waals surface area contributed by atoms with Gasteiger partial charge in [-0.05, 0) is 49.2 Å².